The normalized spacial score (nSPS) is 14.9. The molecule has 0 radical (unpaired) electrons. The lowest BCUT2D eigenvalue weighted by Gasteiger charge is -2.22. The van der Waals surface area contributed by atoms with Crippen LogP contribution in [0.25, 0.3) is 11.0 Å². The van der Waals surface area contributed by atoms with Crippen LogP contribution in [0, 0.1) is 6.92 Å². The summed E-state index contributed by atoms with van der Waals surface area (Å²) in [6.45, 7) is 5.22. The number of pyridine rings is 1. The first-order valence-corrected chi connectivity index (χ1v) is 8.13. The minimum absolute atomic E-state index is 0.204. The third-order valence-electron chi connectivity index (χ3n) is 4.53. The fraction of sp³-hybridized carbons (Fsp3) is 0.235. The highest BCUT2D eigenvalue weighted by Gasteiger charge is 2.37. The van der Waals surface area contributed by atoms with E-state index in [1.807, 2.05) is 0 Å². The molecule has 3 aromatic rings. The molecule has 0 aliphatic carbocycles. The van der Waals surface area contributed by atoms with Crippen LogP contribution in [0.15, 0.2) is 29.5 Å². The molecular weight excluding hydrogens is 352 g/mol. The van der Waals surface area contributed by atoms with Crippen molar-refractivity contribution in [2.45, 2.75) is 26.4 Å². The van der Waals surface area contributed by atoms with Crippen molar-refractivity contribution in [1.82, 2.24) is 24.4 Å². The van der Waals surface area contributed by atoms with Crippen molar-refractivity contribution in [1.29, 1.82) is 0 Å². The van der Waals surface area contributed by atoms with Gasteiger partial charge in [0, 0.05) is 6.20 Å². The lowest BCUT2D eigenvalue weighted by Crippen LogP contribution is -2.42. The van der Waals surface area contributed by atoms with E-state index < -0.39 is 11.8 Å². The molecule has 1 aliphatic heterocycles. The van der Waals surface area contributed by atoms with Gasteiger partial charge in [-0.05, 0) is 38.5 Å². The summed E-state index contributed by atoms with van der Waals surface area (Å²) in [7, 11) is 0. The van der Waals surface area contributed by atoms with Gasteiger partial charge in [0.1, 0.15) is 29.2 Å². The second kappa shape index (κ2) is 5.40. The molecule has 10 heteroatoms. The van der Waals surface area contributed by atoms with Gasteiger partial charge < -0.3 is 15.7 Å². The maximum absolute atomic E-state index is 13.0. The van der Waals surface area contributed by atoms with Gasteiger partial charge in [-0.3, -0.25) is 14.2 Å². The summed E-state index contributed by atoms with van der Waals surface area (Å²) in [5, 5.41) is 15.4. The lowest BCUT2D eigenvalue weighted by molar-refractivity contribution is 0.0934. The van der Waals surface area contributed by atoms with Gasteiger partial charge in [0.15, 0.2) is 5.65 Å². The van der Waals surface area contributed by atoms with Crippen LogP contribution in [0.4, 0.5) is 16.3 Å². The molecule has 0 atom stereocenters. The van der Waals surface area contributed by atoms with E-state index >= 15 is 0 Å². The van der Waals surface area contributed by atoms with Gasteiger partial charge in [-0.25, -0.2) is 19.3 Å². The predicted molar refractivity (Wildman–Crippen MR) is 96.5 cm³/mol. The van der Waals surface area contributed by atoms with Crippen molar-refractivity contribution >= 4 is 34.5 Å². The zero-order valence-corrected chi connectivity index (χ0v) is 14.8. The fourth-order valence-corrected chi connectivity index (χ4v) is 3.37. The Morgan fingerprint density at radius 1 is 1.30 bits per heavy atom. The van der Waals surface area contributed by atoms with E-state index in [2.05, 4.69) is 20.6 Å². The maximum atomic E-state index is 13.0. The molecule has 138 valence electrons. The highest BCUT2D eigenvalue weighted by molar-refractivity contribution is 5.97. The number of carbonyl (C=O) groups is 2. The zero-order valence-electron chi connectivity index (χ0n) is 14.8. The Morgan fingerprint density at radius 2 is 2.04 bits per heavy atom. The van der Waals surface area contributed by atoms with Gasteiger partial charge in [0.05, 0.1) is 5.39 Å². The molecule has 0 saturated carbocycles. The Hall–Kier alpha value is -3.69. The summed E-state index contributed by atoms with van der Waals surface area (Å²) in [6, 6.07) is 3.13. The number of anilines is 2. The SMILES string of the molecule is Cc1cc(Nc2ncnc3c2ccn3C(=O)O)c(=O)n2c1C(=O)NC2(C)C. The van der Waals surface area contributed by atoms with Crippen LogP contribution in [0.1, 0.15) is 29.9 Å². The Kier molecular flexibility index (Phi) is 3.35. The monoisotopic (exact) mass is 368 g/mol. The maximum Gasteiger partial charge on any atom is 0.417 e. The van der Waals surface area contributed by atoms with Gasteiger partial charge in [-0.15, -0.1) is 0 Å². The Morgan fingerprint density at radius 3 is 2.74 bits per heavy atom. The van der Waals surface area contributed by atoms with Gasteiger partial charge in [-0.2, -0.15) is 0 Å². The first kappa shape index (κ1) is 16.8. The number of aryl methyl sites for hydroxylation is 1. The topological polar surface area (TPSA) is 131 Å². The molecule has 3 aromatic heterocycles. The Balaban J connectivity index is 1.87. The first-order valence-electron chi connectivity index (χ1n) is 8.13. The number of nitrogens with one attached hydrogen (secondary N) is 2. The van der Waals surface area contributed by atoms with Crippen LogP contribution in [-0.4, -0.2) is 36.2 Å². The van der Waals surface area contributed by atoms with Gasteiger partial charge in [0.2, 0.25) is 0 Å². The van der Waals surface area contributed by atoms with Crippen molar-refractivity contribution < 1.29 is 14.7 Å². The van der Waals surface area contributed by atoms with Crippen LogP contribution in [-0.2, 0) is 5.66 Å². The fourth-order valence-electron chi connectivity index (χ4n) is 3.37. The molecule has 0 bridgehead atoms. The number of fused-ring (bicyclic) bond motifs is 2. The van der Waals surface area contributed by atoms with Crippen molar-refractivity contribution in [2.75, 3.05) is 5.32 Å². The van der Waals surface area contributed by atoms with E-state index in [9.17, 15) is 19.5 Å². The third-order valence-corrected chi connectivity index (χ3v) is 4.53. The largest absolute Gasteiger partial charge is 0.464 e. The summed E-state index contributed by atoms with van der Waals surface area (Å²) in [4.78, 5) is 44.6. The number of aromatic nitrogens is 4. The number of hydrogen-bond acceptors (Lipinski definition) is 6. The van der Waals surface area contributed by atoms with E-state index in [-0.39, 0.29) is 22.8 Å². The molecule has 1 amide bonds. The Bertz CT molecular complexity index is 1190. The van der Waals surface area contributed by atoms with Gasteiger partial charge in [0.25, 0.3) is 11.5 Å². The van der Waals surface area contributed by atoms with Crippen LogP contribution in [0.5, 0.6) is 0 Å². The molecule has 0 aromatic carbocycles. The molecule has 4 rings (SSSR count). The summed E-state index contributed by atoms with van der Waals surface area (Å²) in [6.07, 6.45) is 1.41. The molecular formula is C17H16N6O4. The van der Waals surface area contributed by atoms with Gasteiger partial charge in [-0.1, -0.05) is 0 Å². The minimum Gasteiger partial charge on any atom is -0.464 e. The zero-order chi connectivity index (χ0) is 19.5. The summed E-state index contributed by atoms with van der Waals surface area (Å²) in [5.41, 5.74) is 0.135. The average Bonchev–Trinajstić information content (AvgIpc) is 3.11. The number of rotatable bonds is 2. The van der Waals surface area contributed by atoms with Crippen molar-refractivity contribution in [3.8, 4) is 0 Å². The number of carboxylic acid groups (broad SMARTS) is 1. The molecule has 3 N–H and O–H groups in total. The highest BCUT2D eigenvalue weighted by atomic mass is 16.4. The van der Waals surface area contributed by atoms with E-state index in [1.165, 1.54) is 17.1 Å². The smallest absolute Gasteiger partial charge is 0.417 e. The van der Waals surface area contributed by atoms with Crippen molar-refractivity contribution in [2.24, 2.45) is 0 Å². The highest BCUT2D eigenvalue weighted by Crippen LogP contribution is 2.27. The van der Waals surface area contributed by atoms with Crippen molar-refractivity contribution in [3.05, 3.63) is 46.3 Å². The van der Waals surface area contributed by atoms with E-state index in [1.54, 1.807) is 32.9 Å². The predicted octanol–water partition coefficient (Wildman–Crippen LogP) is 1.61. The van der Waals surface area contributed by atoms with E-state index in [0.29, 0.717) is 22.5 Å². The van der Waals surface area contributed by atoms with E-state index in [4.69, 9.17) is 0 Å². The molecule has 4 heterocycles. The first-order chi connectivity index (χ1) is 12.7. The molecule has 0 unspecified atom stereocenters. The second-order valence-electron chi connectivity index (χ2n) is 6.80. The van der Waals surface area contributed by atoms with E-state index in [0.717, 1.165) is 4.57 Å². The number of hydrogen-bond donors (Lipinski definition) is 3. The number of carbonyl (C=O) groups excluding carboxylic acids is 1. The molecule has 0 spiro atoms. The Labute approximate surface area is 152 Å². The van der Waals surface area contributed by atoms with Crippen LogP contribution >= 0.6 is 0 Å². The number of nitrogens with zero attached hydrogens (tertiary/aromatic N) is 4. The molecule has 0 fully saturated rings. The standard InChI is InChI=1S/C17H16N6O4/c1-8-6-10(15(25)23-11(8)14(24)21-17(23,2)3)20-12-9-4-5-22(16(26)27)13(9)19-7-18-12/h4-7H,1-3H3,(H,21,24)(H,26,27)(H,18,19,20). The quantitative estimate of drug-likeness (QED) is 0.626. The van der Waals surface area contributed by atoms with Crippen LogP contribution in [0.2, 0.25) is 0 Å². The summed E-state index contributed by atoms with van der Waals surface area (Å²) in [5.74, 6) is -0.00347. The summed E-state index contributed by atoms with van der Waals surface area (Å²) >= 11 is 0. The van der Waals surface area contributed by atoms with Gasteiger partial charge >= 0.3 is 6.09 Å². The lowest BCUT2D eigenvalue weighted by atomic mass is 10.1. The molecule has 10 nitrogen and oxygen atoms in total. The molecule has 1 aliphatic rings. The third kappa shape index (κ3) is 2.37. The van der Waals surface area contributed by atoms with Crippen molar-refractivity contribution in [3.63, 3.8) is 0 Å². The average molecular weight is 368 g/mol. The molecule has 0 saturated heterocycles. The summed E-state index contributed by atoms with van der Waals surface area (Å²) < 4.78 is 2.38. The molecule has 27 heavy (non-hydrogen) atoms. The second-order valence-corrected chi connectivity index (χ2v) is 6.80. The van der Waals surface area contributed by atoms with Crippen LogP contribution < -0.4 is 16.2 Å². The number of amides is 1. The van der Waals surface area contributed by atoms with Crippen LogP contribution in [0.3, 0.4) is 0 Å². The minimum atomic E-state index is -1.17.